The molecule has 6 nitrogen and oxygen atoms in total. The minimum absolute atomic E-state index is 0.174. The number of para-hydroxylation sites is 1. The molecule has 3 aliphatic heterocycles. The standard InChI is InChI=1S/C27H29N3O3/c1-4-14-29-21-13-9-8-12-19(21)27(26(29)33)23-22(20(28-27)15-17(2)3)24(31)30(25(23)32)16-18-10-6-5-7-11-18/h4-13,17,20,22-23,28H,1,14-16H2,2-3H3/t20-,22-,23+,27+/m1/s1. The van der Waals surface area contributed by atoms with Crippen LogP contribution >= 0.6 is 0 Å². The molecule has 0 radical (unpaired) electrons. The fourth-order valence-corrected chi connectivity index (χ4v) is 5.95. The lowest BCUT2D eigenvalue weighted by Crippen LogP contribution is -2.55. The van der Waals surface area contributed by atoms with Gasteiger partial charge < -0.3 is 4.90 Å². The van der Waals surface area contributed by atoms with Gasteiger partial charge in [0.2, 0.25) is 11.8 Å². The van der Waals surface area contributed by atoms with Gasteiger partial charge in [-0.1, -0.05) is 68.5 Å². The van der Waals surface area contributed by atoms with Crippen molar-refractivity contribution in [3.8, 4) is 0 Å². The number of imide groups is 1. The first-order valence-electron chi connectivity index (χ1n) is 11.6. The lowest BCUT2D eigenvalue weighted by molar-refractivity contribution is -0.143. The molecule has 170 valence electrons. The Morgan fingerprint density at radius 1 is 1.00 bits per heavy atom. The van der Waals surface area contributed by atoms with Gasteiger partial charge in [0.1, 0.15) is 5.54 Å². The van der Waals surface area contributed by atoms with E-state index in [1.165, 1.54) is 4.90 Å². The van der Waals surface area contributed by atoms with E-state index in [0.29, 0.717) is 18.9 Å². The molecule has 1 spiro atoms. The van der Waals surface area contributed by atoms with Gasteiger partial charge in [-0.25, -0.2) is 0 Å². The summed E-state index contributed by atoms with van der Waals surface area (Å²) in [4.78, 5) is 44.6. The van der Waals surface area contributed by atoms with Gasteiger partial charge >= 0.3 is 0 Å². The number of anilines is 1. The molecule has 0 bridgehead atoms. The molecule has 0 aromatic heterocycles. The van der Waals surface area contributed by atoms with Crippen LogP contribution in [-0.2, 0) is 26.5 Å². The van der Waals surface area contributed by atoms with Crippen LogP contribution in [0.4, 0.5) is 5.69 Å². The summed E-state index contributed by atoms with van der Waals surface area (Å²) < 4.78 is 0. The zero-order valence-electron chi connectivity index (χ0n) is 19.0. The van der Waals surface area contributed by atoms with Crippen LogP contribution in [0.25, 0.3) is 0 Å². The monoisotopic (exact) mass is 443 g/mol. The maximum absolute atomic E-state index is 14.0. The second kappa shape index (κ2) is 7.96. The zero-order chi connectivity index (χ0) is 23.3. The fourth-order valence-electron chi connectivity index (χ4n) is 5.95. The summed E-state index contributed by atoms with van der Waals surface area (Å²) in [6.45, 7) is 8.58. The molecule has 4 atom stereocenters. The molecule has 2 saturated heterocycles. The normalized spacial score (nSPS) is 28.2. The summed E-state index contributed by atoms with van der Waals surface area (Å²) in [7, 11) is 0. The van der Waals surface area contributed by atoms with Crippen LogP contribution in [0.5, 0.6) is 0 Å². The summed E-state index contributed by atoms with van der Waals surface area (Å²) in [6, 6.07) is 16.9. The third-order valence-electron chi connectivity index (χ3n) is 7.18. The molecule has 2 fully saturated rings. The van der Waals surface area contributed by atoms with E-state index < -0.39 is 17.4 Å². The molecule has 3 amide bonds. The van der Waals surface area contributed by atoms with Crippen molar-refractivity contribution in [2.75, 3.05) is 11.4 Å². The van der Waals surface area contributed by atoms with E-state index in [2.05, 4.69) is 25.7 Å². The van der Waals surface area contributed by atoms with E-state index in [1.807, 2.05) is 54.6 Å². The molecule has 6 heteroatoms. The van der Waals surface area contributed by atoms with Crippen molar-refractivity contribution >= 4 is 23.4 Å². The van der Waals surface area contributed by atoms with Crippen LogP contribution in [0.15, 0.2) is 67.3 Å². The molecule has 2 aromatic rings. The van der Waals surface area contributed by atoms with Crippen molar-refractivity contribution in [3.05, 3.63) is 78.4 Å². The summed E-state index contributed by atoms with van der Waals surface area (Å²) in [6.07, 6.45) is 2.40. The largest absolute Gasteiger partial charge is 0.306 e. The highest BCUT2D eigenvalue weighted by molar-refractivity contribution is 6.16. The highest BCUT2D eigenvalue weighted by atomic mass is 16.2. The minimum atomic E-state index is -1.23. The van der Waals surface area contributed by atoms with Crippen molar-refractivity contribution in [2.24, 2.45) is 17.8 Å². The van der Waals surface area contributed by atoms with Crippen LogP contribution in [0.2, 0.25) is 0 Å². The Morgan fingerprint density at radius 3 is 2.39 bits per heavy atom. The number of carbonyl (C=O) groups is 3. The van der Waals surface area contributed by atoms with Crippen molar-refractivity contribution < 1.29 is 14.4 Å². The molecule has 0 saturated carbocycles. The van der Waals surface area contributed by atoms with Gasteiger partial charge in [0, 0.05) is 23.8 Å². The first-order chi connectivity index (χ1) is 15.9. The lowest BCUT2D eigenvalue weighted by Gasteiger charge is -2.31. The van der Waals surface area contributed by atoms with Crippen molar-refractivity contribution in [1.29, 1.82) is 0 Å². The Morgan fingerprint density at radius 2 is 1.70 bits per heavy atom. The smallest absolute Gasteiger partial charge is 0.253 e. The number of rotatable bonds is 6. The van der Waals surface area contributed by atoms with Crippen molar-refractivity contribution in [1.82, 2.24) is 10.2 Å². The molecule has 2 aromatic carbocycles. The fraction of sp³-hybridized carbons (Fsp3) is 0.370. The molecule has 0 aliphatic carbocycles. The SMILES string of the molecule is C=CCN1C(=O)[C@]2(N[C@H](CC(C)C)[C@H]3C(=O)N(Cc4ccccc4)C(=O)[C@H]32)c2ccccc21. The molecule has 3 heterocycles. The van der Waals surface area contributed by atoms with Crippen molar-refractivity contribution in [3.63, 3.8) is 0 Å². The highest BCUT2D eigenvalue weighted by Gasteiger charge is 2.71. The van der Waals surface area contributed by atoms with Gasteiger partial charge in [-0.15, -0.1) is 6.58 Å². The van der Waals surface area contributed by atoms with Gasteiger partial charge in [0.15, 0.2) is 0 Å². The summed E-state index contributed by atoms with van der Waals surface area (Å²) in [5.74, 6) is -1.65. The quantitative estimate of drug-likeness (QED) is 0.550. The number of amides is 3. The predicted molar refractivity (Wildman–Crippen MR) is 126 cm³/mol. The molecule has 3 aliphatic rings. The first kappa shape index (κ1) is 21.6. The summed E-state index contributed by atoms with van der Waals surface area (Å²) in [5, 5.41) is 3.55. The van der Waals surface area contributed by atoms with Gasteiger partial charge in [-0.2, -0.15) is 0 Å². The van der Waals surface area contributed by atoms with Gasteiger partial charge in [0.05, 0.1) is 18.4 Å². The average Bonchev–Trinajstić information content (AvgIpc) is 3.35. The van der Waals surface area contributed by atoms with E-state index in [-0.39, 0.29) is 30.3 Å². The third-order valence-corrected chi connectivity index (χ3v) is 7.18. The van der Waals surface area contributed by atoms with E-state index in [0.717, 1.165) is 16.8 Å². The lowest BCUT2D eigenvalue weighted by atomic mass is 9.76. The predicted octanol–water partition coefficient (Wildman–Crippen LogP) is 3.23. The van der Waals surface area contributed by atoms with Crippen LogP contribution in [-0.4, -0.2) is 35.2 Å². The van der Waals surface area contributed by atoms with Gasteiger partial charge in [0.25, 0.3) is 5.91 Å². The van der Waals surface area contributed by atoms with E-state index in [4.69, 9.17) is 0 Å². The number of benzene rings is 2. The van der Waals surface area contributed by atoms with E-state index >= 15 is 0 Å². The Bertz CT molecular complexity index is 1130. The van der Waals surface area contributed by atoms with Crippen LogP contribution in [0.3, 0.4) is 0 Å². The molecule has 5 rings (SSSR count). The van der Waals surface area contributed by atoms with E-state index in [1.54, 1.807) is 11.0 Å². The Kier molecular flexibility index (Phi) is 5.20. The van der Waals surface area contributed by atoms with Crippen LogP contribution in [0.1, 0.15) is 31.4 Å². The first-order valence-corrected chi connectivity index (χ1v) is 11.6. The molecular formula is C27H29N3O3. The summed E-state index contributed by atoms with van der Waals surface area (Å²) >= 11 is 0. The molecular weight excluding hydrogens is 414 g/mol. The maximum atomic E-state index is 14.0. The van der Waals surface area contributed by atoms with Gasteiger partial charge in [-0.05, 0) is 24.0 Å². The Hall–Kier alpha value is -3.25. The average molecular weight is 444 g/mol. The maximum Gasteiger partial charge on any atom is 0.253 e. The van der Waals surface area contributed by atoms with Gasteiger partial charge in [-0.3, -0.25) is 24.6 Å². The van der Waals surface area contributed by atoms with Crippen LogP contribution < -0.4 is 10.2 Å². The Balaban J connectivity index is 1.63. The van der Waals surface area contributed by atoms with E-state index in [9.17, 15) is 14.4 Å². The highest BCUT2D eigenvalue weighted by Crippen LogP contribution is 2.55. The third kappa shape index (κ3) is 3.08. The molecule has 0 unspecified atom stereocenters. The number of hydrogen-bond acceptors (Lipinski definition) is 4. The number of nitrogens with one attached hydrogen (secondary N) is 1. The second-order valence-corrected chi connectivity index (χ2v) is 9.66. The van der Waals surface area contributed by atoms with Crippen LogP contribution in [0, 0.1) is 17.8 Å². The second-order valence-electron chi connectivity index (χ2n) is 9.66. The number of hydrogen-bond donors (Lipinski definition) is 1. The number of nitrogens with zero attached hydrogens (tertiary/aromatic N) is 2. The number of likely N-dealkylation sites (tertiary alicyclic amines) is 1. The number of carbonyl (C=O) groups excluding carboxylic acids is 3. The molecule has 33 heavy (non-hydrogen) atoms. The topological polar surface area (TPSA) is 69.7 Å². The minimum Gasteiger partial charge on any atom is -0.306 e. The molecule has 1 N–H and O–H groups in total. The van der Waals surface area contributed by atoms with Crippen molar-refractivity contribution in [2.45, 2.75) is 38.4 Å². The summed E-state index contributed by atoms with van der Waals surface area (Å²) in [5.41, 5.74) is 1.22. The Labute approximate surface area is 194 Å². The zero-order valence-corrected chi connectivity index (χ0v) is 19.0. The number of fused-ring (bicyclic) bond motifs is 4.